The van der Waals surface area contributed by atoms with Crippen molar-refractivity contribution < 1.29 is 9.13 Å². The zero-order valence-corrected chi connectivity index (χ0v) is 11.3. The number of halogens is 1. The fourth-order valence-corrected chi connectivity index (χ4v) is 1.88. The van der Waals surface area contributed by atoms with Gasteiger partial charge in [0.25, 0.3) is 0 Å². The van der Waals surface area contributed by atoms with Crippen LogP contribution in [0.4, 0.5) is 4.39 Å². The Bertz CT molecular complexity index is 492. The minimum atomic E-state index is -1.19. The Kier molecular flexibility index (Phi) is 5.65. The molecule has 2 N–H and O–H groups in total. The van der Waals surface area contributed by atoms with Crippen LogP contribution in [0.1, 0.15) is 11.3 Å². The van der Waals surface area contributed by atoms with Gasteiger partial charge in [-0.25, -0.2) is 4.39 Å². The molecule has 0 saturated carbocycles. The molecule has 0 spiro atoms. The molecule has 2 atom stereocenters. The summed E-state index contributed by atoms with van der Waals surface area (Å²) in [6, 6.07) is 14.6. The first-order chi connectivity index (χ1) is 9.75. The highest BCUT2D eigenvalue weighted by molar-refractivity contribution is 5.13. The lowest BCUT2D eigenvalue weighted by atomic mass is 10.1. The Labute approximate surface area is 118 Å². The maximum atomic E-state index is 13.9. The third-order valence-electron chi connectivity index (χ3n) is 3.02. The summed E-state index contributed by atoms with van der Waals surface area (Å²) in [5.74, 6) is 0. The van der Waals surface area contributed by atoms with Crippen LogP contribution in [0.2, 0.25) is 0 Å². The smallest absolute Gasteiger partial charge is 0.139 e. The van der Waals surface area contributed by atoms with Crippen molar-refractivity contribution in [2.24, 2.45) is 5.73 Å². The summed E-state index contributed by atoms with van der Waals surface area (Å²) in [4.78, 5) is 4.14. The van der Waals surface area contributed by atoms with E-state index in [1.54, 1.807) is 6.20 Å². The van der Waals surface area contributed by atoms with Crippen molar-refractivity contribution in [1.82, 2.24) is 4.98 Å². The molecule has 0 aliphatic rings. The van der Waals surface area contributed by atoms with E-state index in [4.69, 9.17) is 10.5 Å². The number of hydrogen-bond donors (Lipinski definition) is 1. The maximum Gasteiger partial charge on any atom is 0.139 e. The number of hydrogen-bond acceptors (Lipinski definition) is 3. The Morgan fingerprint density at radius 2 is 1.85 bits per heavy atom. The van der Waals surface area contributed by atoms with Crippen LogP contribution in [-0.4, -0.2) is 23.8 Å². The zero-order chi connectivity index (χ0) is 14.2. The molecule has 0 unspecified atom stereocenters. The van der Waals surface area contributed by atoms with Crippen LogP contribution in [0.5, 0.6) is 0 Å². The van der Waals surface area contributed by atoms with E-state index in [1.807, 2.05) is 48.5 Å². The number of nitrogens with zero attached hydrogens (tertiary/aromatic N) is 1. The van der Waals surface area contributed by atoms with Crippen LogP contribution in [-0.2, 0) is 17.8 Å². The number of aromatic nitrogens is 1. The Morgan fingerprint density at radius 1 is 1.10 bits per heavy atom. The molecule has 0 amide bonds. The second-order valence-electron chi connectivity index (χ2n) is 4.71. The van der Waals surface area contributed by atoms with Crippen molar-refractivity contribution in [3.05, 3.63) is 66.0 Å². The number of rotatable bonds is 7. The standard InChI is InChI=1S/C16H19FN2O/c17-15(12-20-11-13-6-2-1-3-7-13)16(18)10-14-8-4-5-9-19-14/h1-9,15-16H,10-12,18H2/t15-,16-/m1/s1. The van der Waals surface area contributed by atoms with Gasteiger partial charge in [-0.2, -0.15) is 0 Å². The van der Waals surface area contributed by atoms with Crippen molar-refractivity contribution >= 4 is 0 Å². The SMILES string of the molecule is N[C@H](Cc1ccccn1)[C@H](F)COCc1ccccc1. The molecule has 0 fully saturated rings. The van der Waals surface area contributed by atoms with E-state index in [0.717, 1.165) is 11.3 Å². The third-order valence-corrected chi connectivity index (χ3v) is 3.02. The Morgan fingerprint density at radius 3 is 2.55 bits per heavy atom. The van der Waals surface area contributed by atoms with Crippen LogP contribution in [0, 0.1) is 0 Å². The van der Waals surface area contributed by atoms with Gasteiger partial charge < -0.3 is 10.5 Å². The Hall–Kier alpha value is -1.78. The molecular weight excluding hydrogens is 255 g/mol. The minimum absolute atomic E-state index is 0.00287. The first-order valence-corrected chi connectivity index (χ1v) is 6.67. The first-order valence-electron chi connectivity index (χ1n) is 6.67. The Balaban J connectivity index is 1.73. The molecule has 3 nitrogen and oxygen atoms in total. The summed E-state index contributed by atoms with van der Waals surface area (Å²) in [6.07, 6.45) is 0.901. The molecule has 2 aromatic rings. The first kappa shape index (κ1) is 14.6. The molecule has 0 aliphatic heterocycles. The largest absolute Gasteiger partial charge is 0.374 e. The van der Waals surface area contributed by atoms with Gasteiger partial charge in [0.05, 0.1) is 13.2 Å². The summed E-state index contributed by atoms with van der Waals surface area (Å²) in [5.41, 5.74) is 7.66. The van der Waals surface area contributed by atoms with Gasteiger partial charge >= 0.3 is 0 Å². The van der Waals surface area contributed by atoms with Gasteiger partial charge in [0, 0.05) is 24.4 Å². The van der Waals surface area contributed by atoms with Crippen molar-refractivity contribution in [3.63, 3.8) is 0 Å². The van der Waals surface area contributed by atoms with E-state index in [2.05, 4.69) is 4.98 Å². The predicted molar refractivity (Wildman–Crippen MR) is 76.9 cm³/mol. The number of nitrogens with two attached hydrogens (primary N) is 1. The van der Waals surface area contributed by atoms with Gasteiger partial charge in [-0.3, -0.25) is 4.98 Å². The molecule has 0 saturated heterocycles. The van der Waals surface area contributed by atoms with Crippen molar-refractivity contribution in [2.75, 3.05) is 6.61 Å². The summed E-state index contributed by atoms with van der Waals surface area (Å²) in [6.45, 7) is 0.403. The molecule has 2 rings (SSSR count). The van der Waals surface area contributed by atoms with Crippen LogP contribution in [0.15, 0.2) is 54.7 Å². The summed E-state index contributed by atoms with van der Waals surface area (Å²) in [7, 11) is 0. The quantitative estimate of drug-likeness (QED) is 0.844. The molecule has 20 heavy (non-hydrogen) atoms. The fraction of sp³-hybridized carbons (Fsp3) is 0.312. The highest BCUT2D eigenvalue weighted by Crippen LogP contribution is 2.07. The third kappa shape index (κ3) is 4.72. The van der Waals surface area contributed by atoms with Crippen LogP contribution in [0.3, 0.4) is 0 Å². The van der Waals surface area contributed by atoms with Gasteiger partial charge in [0.1, 0.15) is 6.17 Å². The van der Waals surface area contributed by atoms with Gasteiger partial charge in [-0.05, 0) is 17.7 Å². The predicted octanol–water partition coefficient (Wildman–Crippen LogP) is 2.51. The van der Waals surface area contributed by atoms with E-state index in [-0.39, 0.29) is 6.61 Å². The molecule has 1 aromatic heterocycles. The number of benzene rings is 1. The van der Waals surface area contributed by atoms with Gasteiger partial charge in [-0.1, -0.05) is 36.4 Å². The number of alkyl halides is 1. The van der Waals surface area contributed by atoms with Crippen molar-refractivity contribution in [3.8, 4) is 0 Å². The molecule has 0 aliphatic carbocycles. The molecule has 4 heteroatoms. The fourth-order valence-electron chi connectivity index (χ4n) is 1.88. The second kappa shape index (κ2) is 7.72. The minimum Gasteiger partial charge on any atom is -0.374 e. The van der Waals surface area contributed by atoms with Gasteiger partial charge in [0.2, 0.25) is 0 Å². The second-order valence-corrected chi connectivity index (χ2v) is 4.71. The van der Waals surface area contributed by atoms with Crippen LogP contribution >= 0.6 is 0 Å². The lowest BCUT2D eigenvalue weighted by Gasteiger charge is -2.16. The van der Waals surface area contributed by atoms with Gasteiger partial charge in [0.15, 0.2) is 0 Å². The van der Waals surface area contributed by atoms with Crippen molar-refractivity contribution in [1.29, 1.82) is 0 Å². The highest BCUT2D eigenvalue weighted by atomic mass is 19.1. The van der Waals surface area contributed by atoms with Gasteiger partial charge in [-0.15, -0.1) is 0 Å². The van der Waals surface area contributed by atoms with Crippen LogP contribution in [0.25, 0.3) is 0 Å². The lowest BCUT2D eigenvalue weighted by Crippen LogP contribution is -2.37. The van der Waals surface area contributed by atoms with E-state index in [0.29, 0.717) is 13.0 Å². The average molecular weight is 274 g/mol. The number of pyridine rings is 1. The lowest BCUT2D eigenvalue weighted by molar-refractivity contribution is 0.0595. The molecule has 106 valence electrons. The molecule has 1 aromatic carbocycles. The highest BCUT2D eigenvalue weighted by Gasteiger charge is 2.18. The van der Waals surface area contributed by atoms with E-state index >= 15 is 0 Å². The normalized spacial score (nSPS) is 13.9. The summed E-state index contributed by atoms with van der Waals surface area (Å²) < 4.78 is 19.3. The van der Waals surface area contributed by atoms with E-state index < -0.39 is 12.2 Å². The van der Waals surface area contributed by atoms with Crippen molar-refractivity contribution in [2.45, 2.75) is 25.2 Å². The van der Waals surface area contributed by atoms with E-state index in [9.17, 15) is 4.39 Å². The topological polar surface area (TPSA) is 48.1 Å². The van der Waals surface area contributed by atoms with Crippen LogP contribution < -0.4 is 5.73 Å². The average Bonchev–Trinajstić information content (AvgIpc) is 2.49. The van der Waals surface area contributed by atoms with E-state index in [1.165, 1.54) is 0 Å². The molecule has 1 heterocycles. The molecular formula is C16H19FN2O. The monoisotopic (exact) mass is 274 g/mol. The number of ether oxygens (including phenoxy) is 1. The maximum absolute atomic E-state index is 13.9. The molecule has 0 radical (unpaired) electrons. The summed E-state index contributed by atoms with van der Waals surface area (Å²) in [5, 5.41) is 0. The summed E-state index contributed by atoms with van der Waals surface area (Å²) >= 11 is 0. The molecule has 0 bridgehead atoms. The zero-order valence-electron chi connectivity index (χ0n) is 11.3.